The highest BCUT2D eigenvalue weighted by Gasteiger charge is 2.22. The highest BCUT2D eigenvalue weighted by molar-refractivity contribution is 6.41. The van der Waals surface area contributed by atoms with E-state index >= 15 is 0 Å². The molecule has 1 aliphatic heterocycles. The minimum Gasteiger partial charge on any atom is -0.464 e. The molecular weight excluding hydrogens is 220 g/mol. The minimum absolute atomic E-state index is 0.0805. The molecule has 0 aliphatic carbocycles. The van der Waals surface area contributed by atoms with Crippen LogP contribution in [0.2, 0.25) is 0 Å². The third kappa shape index (κ3) is 3.85. The lowest BCUT2D eigenvalue weighted by Gasteiger charge is -2.31. The number of ether oxygens (including phenoxy) is 2. The summed E-state index contributed by atoms with van der Waals surface area (Å²) in [7, 11) is 1.29. The summed E-state index contributed by atoms with van der Waals surface area (Å²) >= 11 is 0. The summed E-state index contributed by atoms with van der Waals surface area (Å²) in [5.74, 6) is -0.318. The van der Waals surface area contributed by atoms with Gasteiger partial charge < -0.3 is 14.4 Å². The van der Waals surface area contributed by atoms with Crippen LogP contribution in [0.3, 0.4) is 0 Å². The Morgan fingerprint density at radius 2 is 2.00 bits per heavy atom. The molecule has 0 aromatic rings. The van der Waals surface area contributed by atoms with Crippen molar-refractivity contribution in [2.24, 2.45) is 5.92 Å². The van der Waals surface area contributed by atoms with Crippen LogP contribution in [0.4, 0.5) is 0 Å². The van der Waals surface area contributed by atoms with Crippen molar-refractivity contribution >= 4 is 11.7 Å². The predicted octanol–water partition coefficient (Wildman–Crippen LogP) is 1.05. The van der Waals surface area contributed by atoms with Gasteiger partial charge in [-0.15, -0.1) is 0 Å². The first-order valence-corrected chi connectivity index (χ1v) is 5.78. The summed E-state index contributed by atoms with van der Waals surface area (Å²) in [5.41, 5.74) is 0.568. The van der Waals surface area contributed by atoms with Gasteiger partial charge in [0.2, 0.25) is 0 Å². The molecule has 0 aromatic heterocycles. The van der Waals surface area contributed by atoms with Crippen molar-refractivity contribution in [3.63, 3.8) is 0 Å². The molecule has 0 atom stereocenters. The van der Waals surface area contributed by atoms with Gasteiger partial charge in [0.05, 0.1) is 26.0 Å². The number of hydrogen-bond donors (Lipinski definition) is 1. The second-order valence-corrected chi connectivity index (χ2v) is 4.26. The Morgan fingerprint density at radius 3 is 2.47 bits per heavy atom. The molecule has 1 rings (SSSR count). The summed E-state index contributed by atoms with van der Waals surface area (Å²) < 4.78 is 9.87. The van der Waals surface area contributed by atoms with Gasteiger partial charge in [0, 0.05) is 13.1 Å². The molecule has 0 aromatic carbocycles. The molecule has 0 radical (unpaired) electrons. The van der Waals surface area contributed by atoms with Crippen LogP contribution in [-0.2, 0) is 14.3 Å². The zero-order valence-corrected chi connectivity index (χ0v) is 10.7. The van der Waals surface area contributed by atoms with Crippen LogP contribution >= 0.6 is 0 Å². The maximum absolute atomic E-state index is 11.4. The monoisotopic (exact) mass is 240 g/mol. The molecule has 1 fully saturated rings. The number of carbonyl (C=O) groups is 1. The Morgan fingerprint density at radius 1 is 1.41 bits per heavy atom. The van der Waals surface area contributed by atoms with Gasteiger partial charge in [-0.05, 0) is 5.92 Å². The lowest BCUT2D eigenvalue weighted by molar-refractivity contribution is -0.132. The van der Waals surface area contributed by atoms with Gasteiger partial charge in [0.1, 0.15) is 0 Å². The molecule has 17 heavy (non-hydrogen) atoms. The van der Waals surface area contributed by atoms with E-state index in [4.69, 9.17) is 10.1 Å². The Labute approximate surface area is 102 Å². The average Bonchev–Trinajstić information content (AvgIpc) is 2.35. The molecule has 0 spiro atoms. The van der Waals surface area contributed by atoms with Crippen molar-refractivity contribution in [1.82, 2.24) is 4.90 Å². The first kappa shape index (κ1) is 13.7. The van der Waals surface area contributed by atoms with Crippen LogP contribution in [0, 0.1) is 11.3 Å². The van der Waals surface area contributed by atoms with Gasteiger partial charge in [-0.2, -0.15) is 0 Å². The lowest BCUT2D eigenvalue weighted by Crippen LogP contribution is -2.40. The fraction of sp³-hybridized carbons (Fsp3) is 0.667. The zero-order valence-electron chi connectivity index (χ0n) is 10.7. The Hall–Kier alpha value is -1.36. The van der Waals surface area contributed by atoms with Crippen molar-refractivity contribution in [3.8, 4) is 0 Å². The Bertz CT molecular complexity index is 318. The smallest absolute Gasteiger partial charge is 0.358 e. The molecule has 0 bridgehead atoms. The third-order valence-corrected chi connectivity index (χ3v) is 2.49. The number of nitrogens with zero attached hydrogens (tertiary/aromatic N) is 1. The number of rotatable bonds is 4. The third-order valence-electron chi connectivity index (χ3n) is 2.49. The van der Waals surface area contributed by atoms with Crippen molar-refractivity contribution in [1.29, 1.82) is 5.41 Å². The molecule has 1 heterocycles. The second kappa shape index (κ2) is 6.39. The van der Waals surface area contributed by atoms with E-state index in [2.05, 4.69) is 4.74 Å². The van der Waals surface area contributed by atoms with E-state index in [0.717, 1.165) is 0 Å². The number of methoxy groups -OCH3 is 1. The molecule has 96 valence electrons. The van der Waals surface area contributed by atoms with Gasteiger partial charge in [-0.25, -0.2) is 4.79 Å². The molecule has 1 saturated heterocycles. The molecule has 5 heteroatoms. The van der Waals surface area contributed by atoms with E-state index in [9.17, 15) is 4.79 Å². The number of nitrogens with one attached hydrogen (secondary N) is 1. The molecular formula is C12H20N2O3. The van der Waals surface area contributed by atoms with Gasteiger partial charge >= 0.3 is 5.97 Å². The summed E-state index contributed by atoms with van der Waals surface area (Å²) in [5, 5.41) is 7.86. The van der Waals surface area contributed by atoms with Gasteiger partial charge in [-0.3, -0.25) is 5.41 Å². The van der Waals surface area contributed by atoms with Crippen molar-refractivity contribution in [3.05, 3.63) is 11.8 Å². The van der Waals surface area contributed by atoms with Gasteiger partial charge in [0.15, 0.2) is 5.71 Å². The Balaban J connectivity index is 2.87. The quantitative estimate of drug-likeness (QED) is 0.589. The molecule has 1 aliphatic rings. The minimum atomic E-state index is -0.594. The van der Waals surface area contributed by atoms with Crippen LogP contribution in [-0.4, -0.2) is 50.0 Å². The van der Waals surface area contributed by atoms with E-state index in [1.807, 2.05) is 24.8 Å². The van der Waals surface area contributed by atoms with E-state index < -0.39 is 5.97 Å². The van der Waals surface area contributed by atoms with E-state index in [0.29, 0.717) is 32.0 Å². The highest BCUT2D eigenvalue weighted by Crippen LogP contribution is 2.13. The maximum Gasteiger partial charge on any atom is 0.358 e. The second-order valence-electron chi connectivity index (χ2n) is 4.26. The van der Waals surface area contributed by atoms with Crippen LogP contribution < -0.4 is 0 Å². The van der Waals surface area contributed by atoms with Gasteiger partial charge in [-0.1, -0.05) is 19.9 Å². The first-order valence-electron chi connectivity index (χ1n) is 5.78. The summed E-state index contributed by atoms with van der Waals surface area (Å²) in [4.78, 5) is 13.4. The molecule has 5 nitrogen and oxygen atoms in total. The van der Waals surface area contributed by atoms with E-state index in [1.54, 1.807) is 0 Å². The maximum atomic E-state index is 11.4. The molecule has 0 amide bonds. The van der Waals surface area contributed by atoms with Crippen LogP contribution in [0.1, 0.15) is 13.8 Å². The fourth-order valence-corrected chi connectivity index (χ4v) is 1.67. The van der Waals surface area contributed by atoms with Crippen LogP contribution in [0.15, 0.2) is 11.8 Å². The van der Waals surface area contributed by atoms with E-state index in [1.165, 1.54) is 7.11 Å². The molecule has 0 unspecified atom stereocenters. The predicted molar refractivity (Wildman–Crippen MR) is 65.1 cm³/mol. The molecule has 1 N–H and O–H groups in total. The van der Waals surface area contributed by atoms with Crippen LogP contribution in [0.25, 0.3) is 0 Å². The zero-order chi connectivity index (χ0) is 12.8. The normalized spacial score (nSPS) is 17.2. The summed E-state index contributed by atoms with van der Waals surface area (Å²) in [6.45, 7) is 6.71. The Kier molecular flexibility index (Phi) is 5.15. The number of hydrogen-bond acceptors (Lipinski definition) is 5. The lowest BCUT2D eigenvalue weighted by atomic mass is 10.1. The van der Waals surface area contributed by atoms with E-state index in [-0.39, 0.29) is 11.6 Å². The number of carbonyl (C=O) groups excluding carboxylic acids is 1. The summed E-state index contributed by atoms with van der Waals surface area (Å²) in [6.07, 6.45) is 1.92. The standard InChI is InChI=1S/C12H20N2O3/c1-9(2)8-10(11(13)12(15)16-3)14-4-6-17-7-5-14/h8-9,13H,4-7H2,1-3H3/b10-8+,13-11?. The van der Waals surface area contributed by atoms with Crippen molar-refractivity contribution in [2.45, 2.75) is 13.8 Å². The number of esters is 1. The van der Waals surface area contributed by atoms with Crippen molar-refractivity contribution in [2.75, 3.05) is 33.4 Å². The van der Waals surface area contributed by atoms with Crippen molar-refractivity contribution < 1.29 is 14.3 Å². The first-order chi connectivity index (χ1) is 8.06. The highest BCUT2D eigenvalue weighted by atomic mass is 16.5. The largest absolute Gasteiger partial charge is 0.464 e. The van der Waals surface area contributed by atoms with Gasteiger partial charge in [0.25, 0.3) is 0 Å². The number of allylic oxidation sites excluding steroid dienone is 1. The molecule has 0 saturated carbocycles. The fourth-order valence-electron chi connectivity index (χ4n) is 1.67. The SMILES string of the molecule is COC(=O)C(=N)/C(=C\C(C)C)N1CCOCC1. The average molecular weight is 240 g/mol. The topological polar surface area (TPSA) is 62.6 Å². The number of morpholine rings is 1. The summed E-state index contributed by atoms with van der Waals surface area (Å²) in [6, 6.07) is 0. The van der Waals surface area contributed by atoms with Crippen LogP contribution in [0.5, 0.6) is 0 Å².